The maximum atomic E-state index is 13.3. The highest BCUT2D eigenvalue weighted by Gasteiger charge is 2.28. The van der Waals surface area contributed by atoms with Crippen LogP contribution in [0.3, 0.4) is 0 Å². The molecule has 1 aliphatic rings. The number of carbonyl (C=O) groups excluding carboxylic acids is 1. The Balaban J connectivity index is 1.49. The smallest absolute Gasteiger partial charge is 0.227 e. The number of amides is 1. The number of halogens is 1. The van der Waals surface area contributed by atoms with E-state index in [0.29, 0.717) is 30.0 Å². The van der Waals surface area contributed by atoms with Crippen LogP contribution in [0.15, 0.2) is 47.1 Å². The molecule has 2 aromatic heterocycles. The van der Waals surface area contributed by atoms with Gasteiger partial charge in [-0.15, -0.1) is 0 Å². The number of carbonyl (C=O) groups is 1. The number of likely N-dealkylation sites (tertiary alicyclic amines) is 1. The van der Waals surface area contributed by atoms with Crippen molar-refractivity contribution in [3.05, 3.63) is 60.0 Å². The minimum Gasteiger partial charge on any atom is -0.440 e. The first kappa shape index (κ1) is 15.7. The largest absolute Gasteiger partial charge is 0.440 e. The van der Waals surface area contributed by atoms with E-state index < -0.39 is 0 Å². The molecular formula is C19H18FN3O2. The van der Waals surface area contributed by atoms with Crippen LogP contribution in [0.2, 0.25) is 0 Å². The van der Waals surface area contributed by atoms with Crippen LogP contribution in [0.5, 0.6) is 0 Å². The van der Waals surface area contributed by atoms with Crippen LogP contribution in [-0.4, -0.2) is 33.9 Å². The van der Waals surface area contributed by atoms with Gasteiger partial charge in [-0.1, -0.05) is 0 Å². The van der Waals surface area contributed by atoms with Crippen molar-refractivity contribution in [1.29, 1.82) is 0 Å². The predicted molar refractivity (Wildman–Crippen MR) is 90.5 cm³/mol. The molecule has 128 valence electrons. The van der Waals surface area contributed by atoms with Crippen LogP contribution in [0.1, 0.15) is 30.2 Å². The first-order valence-corrected chi connectivity index (χ1v) is 8.42. The number of fused-ring (bicyclic) bond motifs is 1. The fourth-order valence-corrected chi connectivity index (χ4v) is 3.28. The van der Waals surface area contributed by atoms with E-state index in [9.17, 15) is 9.18 Å². The fourth-order valence-electron chi connectivity index (χ4n) is 3.28. The summed E-state index contributed by atoms with van der Waals surface area (Å²) in [5.41, 5.74) is 2.06. The van der Waals surface area contributed by atoms with Crippen LogP contribution >= 0.6 is 0 Å². The third kappa shape index (κ3) is 3.38. The van der Waals surface area contributed by atoms with E-state index in [0.717, 1.165) is 24.9 Å². The lowest BCUT2D eigenvalue weighted by Crippen LogP contribution is -2.40. The Morgan fingerprint density at radius 2 is 2.12 bits per heavy atom. The van der Waals surface area contributed by atoms with Gasteiger partial charge in [0.1, 0.15) is 11.3 Å². The molecule has 1 aliphatic heterocycles. The highest BCUT2D eigenvalue weighted by molar-refractivity contribution is 5.79. The van der Waals surface area contributed by atoms with Gasteiger partial charge in [-0.2, -0.15) is 0 Å². The van der Waals surface area contributed by atoms with Gasteiger partial charge in [0.25, 0.3) is 0 Å². The van der Waals surface area contributed by atoms with Gasteiger partial charge in [0.2, 0.25) is 5.91 Å². The number of benzene rings is 1. The highest BCUT2D eigenvalue weighted by atomic mass is 19.1. The van der Waals surface area contributed by atoms with Gasteiger partial charge >= 0.3 is 0 Å². The molecule has 25 heavy (non-hydrogen) atoms. The summed E-state index contributed by atoms with van der Waals surface area (Å²) < 4.78 is 19.1. The number of rotatable bonds is 3. The van der Waals surface area contributed by atoms with Gasteiger partial charge in [-0.25, -0.2) is 9.37 Å². The Morgan fingerprint density at radius 1 is 1.28 bits per heavy atom. The summed E-state index contributed by atoms with van der Waals surface area (Å²) in [5.74, 6) is 0.388. The Hall–Kier alpha value is -2.76. The topological polar surface area (TPSA) is 59.2 Å². The maximum Gasteiger partial charge on any atom is 0.227 e. The zero-order valence-corrected chi connectivity index (χ0v) is 13.7. The number of pyridine rings is 1. The summed E-state index contributed by atoms with van der Waals surface area (Å²) in [5, 5.41) is 0. The molecule has 6 heteroatoms. The Labute approximate surface area is 144 Å². The van der Waals surface area contributed by atoms with Gasteiger partial charge in [0.05, 0.1) is 12.3 Å². The number of nitrogens with zero attached hydrogens (tertiary/aromatic N) is 3. The molecule has 1 saturated heterocycles. The van der Waals surface area contributed by atoms with Gasteiger partial charge in [0, 0.05) is 31.5 Å². The first-order valence-electron chi connectivity index (χ1n) is 8.42. The second-order valence-electron chi connectivity index (χ2n) is 6.38. The fraction of sp³-hybridized carbons (Fsp3) is 0.316. The number of aromatic nitrogens is 2. The number of piperidine rings is 1. The molecule has 1 unspecified atom stereocenters. The third-order valence-electron chi connectivity index (χ3n) is 4.60. The van der Waals surface area contributed by atoms with Crippen LogP contribution in [0, 0.1) is 5.82 Å². The molecule has 3 aromatic rings. The molecule has 3 heterocycles. The summed E-state index contributed by atoms with van der Waals surface area (Å²) >= 11 is 0. The van der Waals surface area contributed by atoms with Crippen molar-refractivity contribution < 1.29 is 13.6 Å². The lowest BCUT2D eigenvalue weighted by atomic mass is 9.97. The summed E-state index contributed by atoms with van der Waals surface area (Å²) in [6.07, 6.45) is 5.57. The highest BCUT2D eigenvalue weighted by Crippen LogP contribution is 2.29. The molecule has 1 atom stereocenters. The molecule has 1 fully saturated rings. The first-order chi connectivity index (χ1) is 12.2. The summed E-state index contributed by atoms with van der Waals surface area (Å²) in [6, 6.07) is 8.05. The lowest BCUT2D eigenvalue weighted by Gasteiger charge is -2.31. The average Bonchev–Trinajstić information content (AvgIpc) is 3.06. The van der Waals surface area contributed by atoms with Gasteiger partial charge in [0.15, 0.2) is 11.5 Å². The minimum atomic E-state index is -0.340. The van der Waals surface area contributed by atoms with E-state index in [2.05, 4.69) is 9.97 Å². The number of hydrogen-bond acceptors (Lipinski definition) is 4. The van der Waals surface area contributed by atoms with Crippen molar-refractivity contribution in [3.8, 4) is 0 Å². The number of oxazole rings is 1. The normalized spacial score (nSPS) is 17.8. The zero-order valence-electron chi connectivity index (χ0n) is 13.7. The summed E-state index contributed by atoms with van der Waals surface area (Å²) in [4.78, 5) is 22.9. The van der Waals surface area contributed by atoms with Crippen molar-refractivity contribution in [3.63, 3.8) is 0 Å². The third-order valence-corrected chi connectivity index (χ3v) is 4.60. The predicted octanol–water partition coefficient (Wildman–Crippen LogP) is 3.31. The van der Waals surface area contributed by atoms with E-state index >= 15 is 0 Å². The molecule has 0 saturated carbocycles. The zero-order chi connectivity index (χ0) is 17.2. The standard InChI is InChI=1S/C19H18FN3O2/c20-15-3-4-16-17(11-15)25-19(22-16)14-2-1-9-23(12-14)18(24)10-13-5-7-21-8-6-13/h3-8,11,14H,1-2,9-10,12H2. The van der Waals surface area contributed by atoms with Crippen molar-refractivity contribution in [2.75, 3.05) is 13.1 Å². The van der Waals surface area contributed by atoms with Crippen LogP contribution in [-0.2, 0) is 11.2 Å². The van der Waals surface area contributed by atoms with Crippen LogP contribution in [0.25, 0.3) is 11.1 Å². The molecule has 0 bridgehead atoms. The molecule has 0 spiro atoms. The Bertz CT molecular complexity index is 894. The van der Waals surface area contributed by atoms with E-state index in [4.69, 9.17) is 4.42 Å². The van der Waals surface area contributed by atoms with Crippen molar-refractivity contribution in [2.45, 2.75) is 25.2 Å². The maximum absolute atomic E-state index is 13.3. The van der Waals surface area contributed by atoms with E-state index in [1.165, 1.54) is 12.1 Å². The monoisotopic (exact) mass is 339 g/mol. The van der Waals surface area contributed by atoms with Gasteiger partial charge in [-0.05, 0) is 42.7 Å². The average molecular weight is 339 g/mol. The van der Waals surface area contributed by atoms with E-state index in [-0.39, 0.29) is 17.6 Å². The molecule has 4 rings (SSSR count). The Morgan fingerprint density at radius 3 is 2.96 bits per heavy atom. The summed E-state index contributed by atoms with van der Waals surface area (Å²) in [6.45, 7) is 1.33. The minimum absolute atomic E-state index is 0.0469. The molecule has 0 radical (unpaired) electrons. The number of hydrogen-bond donors (Lipinski definition) is 0. The van der Waals surface area contributed by atoms with Gasteiger partial charge in [-0.3, -0.25) is 9.78 Å². The van der Waals surface area contributed by atoms with Crippen LogP contribution in [0.4, 0.5) is 4.39 Å². The molecule has 5 nitrogen and oxygen atoms in total. The van der Waals surface area contributed by atoms with Gasteiger partial charge < -0.3 is 9.32 Å². The molecule has 0 N–H and O–H groups in total. The van der Waals surface area contributed by atoms with Crippen molar-refractivity contribution in [1.82, 2.24) is 14.9 Å². The quantitative estimate of drug-likeness (QED) is 0.734. The summed E-state index contributed by atoms with van der Waals surface area (Å²) in [7, 11) is 0. The molecular weight excluding hydrogens is 321 g/mol. The van der Waals surface area contributed by atoms with Crippen molar-refractivity contribution in [2.24, 2.45) is 0 Å². The van der Waals surface area contributed by atoms with Crippen molar-refractivity contribution >= 4 is 17.0 Å². The molecule has 0 aliphatic carbocycles. The lowest BCUT2D eigenvalue weighted by molar-refractivity contribution is -0.131. The second kappa shape index (κ2) is 6.63. The van der Waals surface area contributed by atoms with E-state index in [1.807, 2.05) is 17.0 Å². The SMILES string of the molecule is O=C(Cc1ccncc1)N1CCCC(c2nc3ccc(F)cc3o2)C1. The molecule has 1 aromatic carbocycles. The second-order valence-corrected chi connectivity index (χ2v) is 6.38. The van der Waals surface area contributed by atoms with Crippen LogP contribution < -0.4 is 0 Å². The van der Waals surface area contributed by atoms with E-state index in [1.54, 1.807) is 18.5 Å². The Kier molecular flexibility index (Phi) is 4.17. The molecule has 1 amide bonds.